The van der Waals surface area contributed by atoms with Gasteiger partial charge < -0.3 is 11.1 Å². The molecule has 29 heavy (non-hydrogen) atoms. The predicted octanol–water partition coefficient (Wildman–Crippen LogP) is 3.17. The summed E-state index contributed by atoms with van der Waals surface area (Å²) < 4.78 is 38.4. The number of primary amides is 1. The average Bonchev–Trinajstić information content (AvgIpc) is 2.63. The fraction of sp³-hybridized carbons (Fsp3) is 0.667. The smallest absolute Gasteiger partial charge is 0.369 e. The number of aromatic nitrogens is 1. The van der Waals surface area contributed by atoms with Crippen LogP contribution in [0.2, 0.25) is 0 Å². The number of nitrogens with one attached hydrogen (secondary N) is 1. The molecule has 2 amide bonds. The van der Waals surface area contributed by atoms with E-state index >= 15 is 0 Å². The second kappa shape index (κ2) is 6.44. The number of nitrogens with two attached hydrogens (primary N) is 1. The number of hydrogen-bond acceptors (Lipinski definition) is 3. The Kier molecular flexibility index (Phi) is 4.48. The molecule has 3 N–H and O–H groups in total. The summed E-state index contributed by atoms with van der Waals surface area (Å²) in [6, 6.07) is 2.19. The van der Waals surface area contributed by atoms with Crippen LogP contribution in [0.4, 0.5) is 13.2 Å². The zero-order valence-electron chi connectivity index (χ0n) is 16.6. The highest BCUT2D eigenvalue weighted by molar-refractivity contribution is 5.87. The van der Waals surface area contributed by atoms with Gasteiger partial charge in [0, 0.05) is 17.7 Å². The summed E-state index contributed by atoms with van der Waals surface area (Å²) in [5.41, 5.74) is 3.67. The van der Waals surface area contributed by atoms with Crippen LogP contribution in [0.1, 0.15) is 57.2 Å². The van der Waals surface area contributed by atoms with E-state index in [0.29, 0.717) is 24.5 Å². The van der Waals surface area contributed by atoms with Gasteiger partial charge in [-0.1, -0.05) is 0 Å². The quantitative estimate of drug-likeness (QED) is 0.801. The van der Waals surface area contributed by atoms with E-state index in [9.17, 15) is 22.8 Å². The van der Waals surface area contributed by atoms with Gasteiger partial charge >= 0.3 is 6.18 Å². The minimum Gasteiger partial charge on any atom is -0.369 e. The van der Waals surface area contributed by atoms with E-state index in [4.69, 9.17) is 5.73 Å². The topological polar surface area (TPSA) is 85.1 Å². The molecule has 4 aliphatic rings. The number of carbonyl (C=O) groups excluding carboxylic acids is 2. The molecule has 0 radical (unpaired) electrons. The van der Waals surface area contributed by atoms with E-state index in [-0.39, 0.29) is 29.7 Å². The number of hydrogen-bond donors (Lipinski definition) is 2. The highest BCUT2D eigenvalue weighted by Crippen LogP contribution is 2.60. The molecular formula is C21H26F3N3O2. The summed E-state index contributed by atoms with van der Waals surface area (Å²) in [5, 5.41) is 3.15. The van der Waals surface area contributed by atoms with Crippen LogP contribution < -0.4 is 11.1 Å². The van der Waals surface area contributed by atoms with Gasteiger partial charge in [-0.25, -0.2) is 0 Å². The lowest BCUT2D eigenvalue weighted by atomic mass is 9.47. The van der Waals surface area contributed by atoms with E-state index in [0.717, 1.165) is 31.5 Å². The molecule has 3 unspecified atom stereocenters. The van der Waals surface area contributed by atoms with Crippen molar-refractivity contribution in [3.8, 4) is 0 Å². The van der Waals surface area contributed by atoms with Crippen molar-refractivity contribution in [1.29, 1.82) is 0 Å². The number of halogens is 3. The van der Waals surface area contributed by atoms with Crippen LogP contribution in [0.5, 0.6) is 0 Å². The first-order valence-corrected chi connectivity index (χ1v) is 10.1. The molecular weight excluding hydrogens is 383 g/mol. The molecule has 4 bridgehead atoms. The lowest BCUT2D eigenvalue weighted by molar-refractivity contribution is -0.148. The van der Waals surface area contributed by atoms with Gasteiger partial charge in [-0.2, -0.15) is 13.2 Å². The summed E-state index contributed by atoms with van der Waals surface area (Å²) in [7, 11) is 0. The van der Waals surface area contributed by atoms with Gasteiger partial charge in [0.2, 0.25) is 11.8 Å². The predicted molar refractivity (Wildman–Crippen MR) is 99.4 cm³/mol. The molecule has 0 aliphatic heterocycles. The molecule has 0 saturated heterocycles. The van der Waals surface area contributed by atoms with Gasteiger partial charge in [0.15, 0.2) is 0 Å². The molecule has 158 valence electrons. The highest BCUT2D eigenvalue weighted by Gasteiger charge is 2.58. The number of rotatable bonds is 4. The summed E-state index contributed by atoms with van der Waals surface area (Å²) in [6.45, 7) is 3.33. The average molecular weight is 409 g/mol. The van der Waals surface area contributed by atoms with Crippen molar-refractivity contribution >= 4 is 11.8 Å². The van der Waals surface area contributed by atoms with Crippen LogP contribution in [0, 0.1) is 23.2 Å². The zero-order chi connectivity index (χ0) is 21.2. The van der Waals surface area contributed by atoms with Crippen molar-refractivity contribution in [2.75, 3.05) is 0 Å². The standard InChI is InChI=1S/C21H26F3N3O2/c1-19(2,15-4-3-14(10-26-15)21(22,23)24)18(29)27-16-12-5-11-6-13(16)9-20(7-11,8-12)17(25)28/h3-4,10-13,16H,5-9H2,1-2H3,(H2,25,28)(H,27,29)/t11?,12-,13+,16?,20?. The molecule has 0 aromatic carbocycles. The van der Waals surface area contributed by atoms with Crippen molar-refractivity contribution in [3.63, 3.8) is 0 Å². The Morgan fingerprint density at radius 2 is 1.76 bits per heavy atom. The second-order valence-corrected chi connectivity index (χ2v) is 9.67. The third kappa shape index (κ3) is 3.30. The van der Waals surface area contributed by atoms with Gasteiger partial charge in [0.25, 0.3) is 0 Å². The van der Waals surface area contributed by atoms with Crippen LogP contribution in [-0.2, 0) is 21.2 Å². The Morgan fingerprint density at radius 1 is 1.14 bits per heavy atom. The van der Waals surface area contributed by atoms with Crippen molar-refractivity contribution in [2.45, 2.75) is 63.6 Å². The molecule has 8 heteroatoms. The lowest BCUT2D eigenvalue weighted by Crippen LogP contribution is -2.63. The fourth-order valence-corrected chi connectivity index (χ4v) is 5.94. The van der Waals surface area contributed by atoms with E-state index in [2.05, 4.69) is 10.3 Å². The van der Waals surface area contributed by atoms with Gasteiger partial charge in [0.1, 0.15) is 0 Å². The molecule has 4 saturated carbocycles. The fourth-order valence-electron chi connectivity index (χ4n) is 5.94. The van der Waals surface area contributed by atoms with Crippen molar-refractivity contribution < 1.29 is 22.8 Å². The number of nitrogens with zero attached hydrogens (tertiary/aromatic N) is 1. The molecule has 1 heterocycles. The largest absolute Gasteiger partial charge is 0.417 e. The molecule has 5 atom stereocenters. The Bertz CT molecular complexity index is 819. The van der Waals surface area contributed by atoms with Gasteiger partial charge in [-0.3, -0.25) is 14.6 Å². The van der Waals surface area contributed by atoms with E-state index in [1.807, 2.05) is 0 Å². The molecule has 0 spiro atoms. The minimum absolute atomic E-state index is 0.0275. The number of pyridine rings is 1. The van der Waals surface area contributed by atoms with Crippen LogP contribution >= 0.6 is 0 Å². The third-order valence-electron chi connectivity index (χ3n) is 7.39. The Balaban J connectivity index is 1.50. The molecule has 1 aromatic heterocycles. The molecule has 5 nitrogen and oxygen atoms in total. The third-order valence-corrected chi connectivity index (χ3v) is 7.39. The minimum atomic E-state index is -4.46. The Hall–Kier alpha value is -2.12. The molecule has 4 aliphatic carbocycles. The van der Waals surface area contributed by atoms with Gasteiger partial charge in [-0.05, 0) is 75.8 Å². The summed E-state index contributed by atoms with van der Waals surface area (Å²) in [5.74, 6) is 0.437. The first kappa shape index (κ1) is 20.2. The summed E-state index contributed by atoms with van der Waals surface area (Å²) in [4.78, 5) is 29.1. The van der Waals surface area contributed by atoms with Crippen LogP contribution in [-0.4, -0.2) is 22.8 Å². The molecule has 1 aromatic rings. The van der Waals surface area contributed by atoms with E-state index in [1.54, 1.807) is 13.8 Å². The Labute approximate surface area is 167 Å². The zero-order valence-corrected chi connectivity index (χ0v) is 16.6. The van der Waals surface area contributed by atoms with Crippen LogP contribution in [0.15, 0.2) is 18.3 Å². The van der Waals surface area contributed by atoms with Crippen molar-refractivity contribution in [1.82, 2.24) is 10.3 Å². The normalized spacial score (nSPS) is 33.6. The second-order valence-electron chi connectivity index (χ2n) is 9.67. The SMILES string of the molecule is CC(C)(C(=O)NC1[C@@H]2CC3C[C@H]1CC(C(N)=O)(C3)C2)c1ccc(C(F)(F)F)cn1. The first-order valence-electron chi connectivity index (χ1n) is 10.1. The van der Waals surface area contributed by atoms with Crippen molar-refractivity contribution in [2.24, 2.45) is 28.9 Å². The van der Waals surface area contributed by atoms with Crippen LogP contribution in [0.25, 0.3) is 0 Å². The number of alkyl halides is 3. The number of carbonyl (C=O) groups is 2. The summed E-state index contributed by atoms with van der Waals surface area (Å²) >= 11 is 0. The number of amides is 2. The van der Waals surface area contributed by atoms with Gasteiger partial charge in [0.05, 0.1) is 16.7 Å². The maximum absolute atomic E-state index is 13.1. The Morgan fingerprint density at radius 3 is 2.24 bits per heavy atom. The maximum Gasteiger partial charge on any atom is 0.417 e. The van der Waals surface area contributed by atoms with Crippen molar-refractivity contribution in [3.05, 3.63) is 29.6 Å². The first-order chi connectivity index (χ1) is 13.4. The molecule has 5 rings (SSSR count). The maximum atomic E-state index is 13.1. The highest BCUT2D eigenvalue weighted by atomic mass is 19.4. The van der Waals surface area contributed by atoms with Crippen LogP contribution in [0.3, 0.4) is 0 Å². The van der Waals surface area contributed by atoms with Gasteiger partial charge in [-0.15, -0.1) is 0 Å². The lowest BCUT2D eigenvalue weighted by Gasteiger charge is -2.59. The molecule has 4 fully saturated rings. The monoisotopic (exact) mass is 409 g/mol. The summed E-state index contributed by atoms with van der Waals surface area (Å²) in [6.07, 6.45) is 0.541. The van der Waals surface area contributed by atoms with E-state index < -0.39 is 22.6 Å². The van der Waals surface area contributed by atoms with E-state index in [1.165, 1.54) is 6.07 Å².